The van der Waals surface area contributed by atoms with Gasteiger partial charge in [-0.05, 0) is 36.5 Å². The van der Waals surface area contributed by atoms with Gasteiger partial charge in [-0.15, -0.1) is 0 Å². The lowest BCUT2D eigenvalue weighted by Crippen LogP contribution is -2.20. The van der Waals surface area contributed by atoms with Gasteiger partial charge in [-0.25, -0.2) is 9.67 Å². The Labute approximate surface area is 107 Å². The largest absolute Gasteiger partial charge is 0.385 e. The number of benzene rings is 1. The molecule has 1 aliphatic rings. The Bertz CT molecular complexity index is 471. The van der Waals surface area contributed by atoms with Crippen LogP contribution >= 0.6 is 0 Å². The van der Waals surface area contributed by atoms with Crippen molar-refractivity contribution in [3.05, 3.63) is 42.5 Å². The first-order chi connectivity index (χ1) is 8.90. The van der Waals surface area contributed by atoms with Gasteiger partial charge in [0.15, 0.2) is 0 Å². The zero-order valence-corrected chi connectivity index (χ0v) is 10.4. The third kappa shape index (κ3) is 2.70. The SMILES string of the molecule is c1ncn(Cc2ccc(NCC3CCC3)cc2)n1. The van der Waals surface area contributed by atoms with Crippen LogP contribution in [0.15, 0.2) is 36.9 Å². The molecule has 1 saturated carbocycles. The molecular formula is C14H18N4. The Kier molecular flexibility index (Phi) is 3.26. The van der Waals surface area contributed by atoms with Crippen molar-refractivity contribution < 1.29 is 0 Å². The van der Waals surface area contributed by atoms with E-state index < -0.39 is 0 Å². The first-order valence-corrected chi connectivity index (χ1v) is 6.55. The molecule has 94 valence electrons. The van der Waals surface area contributed by atoms with Crippen LogP contribution in [0.2, 0.25) is 0 Å². The molecule has 4 nitrogen and oxygen atoms in total. The molecule has 1 aliphatic carbocycles. The van der Waals surface area contributed by atoms with E-state index in [9.17, 15) is 0 Å². The van der Waals surface area contributed by atoms with Crippen LogP contribution < -0.4 is 5.32 Å². The number of nitrogens with zero attached hydrogens (tertiary/aromatic N) is 3. The zero-order valence-electron chi connectivity index (χ0n) is 10.4. The molecule has 1 fully saturated rings. The lowest BCUT2D eigenvalue weighted by Gasteiger charge is -2.25. The van der Waals surface area contributed by atoms with Crippen LogP contribution in [0, 0.1) is 5.92 Å². The fourth-order valence-corrected chi connectivity index (χ4v) is 2.19. The second-order valence-electron chi connectivity index (χ2n) is 4.97. The van der Waals surface area contributed by atoms with Gasteiger partial charge >= 0.3 is 0 Å². The molecule has 4 heteroatoms. The summed E-state index contributed by atoms with van der Waals surface area (Å²) in [5, 5.41) is 7.60. The van der Waals surface area contributed by atoms with Crippen molar-refractivity contribution >= 4 is 5.69 Å². The van der Waals surface area contributed by atoms with Gasteiger partial charge in [0.1, 0.15) is 12.7 Å². The summed E-state index contributed by atoms with van der Waals surface area (Å²) in [6, 6.07) is 8.57. The molecule has 0 radical (unpaired) electrons. The van der Waals surface area contributed by atoms with Gasteiger partial charge in [-0.3, -0.25) is 0 Å². The molecule has 1 aromatic carbocycles. The highest BCUT2D eigenvalue weighted by atomic mass is 15.3. The van der Waals surface area contributed by atoms with Crippen molar-refractivity contribution in [3.63, 3.8) is 0 Å². The normalized spacial score (nSPS) is 15.3. The van der Waals surface area contributed by atoms with Gasteiger partial charge in [0.2, 0.25) is 0 Å². The Morgan fingerprint density at radius 1 is 1.22 bits per heavy atom. The van der Waals surface area contributed by atoms with Crippen LogP contribution in [0.5, 0.6) is 0 Å². The molecule has 18 heavy (non-hydrogen) atoms. The van der Waals surface area contributed by atoms with Crippen molar-refractivity contribution in [1.29, 1.82) is 0 Å². The van der Waals surface area contributed by atoms with Crippen molar-refractivity contribution in [1.82, 2.24) is 14.8 Å². The van der Waals surface area contributed by atoms with E-state index >= 15 is 0 Å². The molecule has 0 saturated heterocycles. The van der Waals surface area contributed by atoms with Crippen LogP contribution in [0.4, 0.5) is 5.69 Å². The summed E-state index contributed by atoms with van der Waals surface area (Å²) in [5.74, 6) is 0.889. The van der Waals surface area contributed by atoms with Crippen molar-refractivity contribution in [2.24, 2.45) is 5.92 Å². The third-order valence-electron chi connectivity index (χ3n) is 3.58. The van der Waals surface area contributed by atoms with Crippen molar-refractivity contribution in [2.45, 2.75) is 25.8 Å². The average Bonchev–Trinajstić information content (AvgIpc) is 2.82. The van der Waals surface area contributed by atoms with E-state index in [0.717, 1.165) is 19.0 Å². The molecular weight excluding hydrogens is 224 g/mol. The van der Waals surface area contributed by atoms with Gasteiger partial charge in [0.25, 0.3) is 0 Å². The van der Waals surface area contributed by atoms with Crippen LogP contribution in [0.3, 0.4) is 0 Å². The second kappa shape index (κ2) is 5.21. The van der Waals surface area contributed by atoms with E-state index in [1.165, 1.54) is 30.5 Å². The maximum Gasteiger partial charge on any atom is 0.137 e. The van der Waals surface area contributed by atoms with Gasteiger partial charge in [0, 0.05) is 12.2 Å². The Morgan fingerprint density at radius 2 is 2.06 bits per heavy atom. The van der Waals surface area contributed by atoms with Gasteiger partial charge in [-0.2, -0.15) is 5.10 Å². The molecule has 0 spiro atoms. The summed E-state index contributed by atoms with van der Waals surface area (Å²) in [4.78, 5) is 3.94. The Balaban J connectivity index is 1.54. The van der Waals surface area contributed by atoms with Gasteiger partial charge in [-0.1, -0.05) is 18.6 Å². The number of anilines is 1. The quantitative estimate of drug-likeness (QED) is 0.876. The van der Waals surface area contributed by atoms with Gasteiger partial charge in [0.05, 0.1) is 6.54 Å². The van der Waals surface area contributed by atoms with E-state index in [4.69, 9.17) is 0 Å². The molecule has 0 bridgehead atoms. The highest BCUT2D eigenvalue weighted by molar-refractivity contribution is 5.44. The smallest absolute Gasteiger partial charge is 0.137 e. The predicted octanol–water partition coefficient (Wildman–Crippen LogP) is 2.54. The minimum atomic E-state index is 0.781. The average molecular weight is 242 g/mol. The fourth-order valence-electron chi connectivity index (χ4n) is 2.19. The van der Waals surface area contributed by atoms with E-state index in [1.54, 1.807) is 12.7 Å². The zero-order chi connectivity index (χ0) is 12.2. The van der Waals surface area contributed by atoms with Crippen LogP contribution in [0.1, 0.15) is 24.8 Å². The van der Waals surface area contributed by atoms with Gasteiger partial charge < -0.3 is 5.32 Å². The highest BCUT2D eigenvalue weighted by Gasteiger charge is 2.16. The van der Waals surface area contributed by atoms with E-state index in [2.05, 4.69) is 39.7 Å². The predicted molar refractivity (Wildman–Crippen MR) is 71.4 cm³/mol. The summed E-state index contributed by atoms with van der Waals surface area (Å²) in [6.07, 6.45) is 7.48. The minimum absolute atomic E-state index is 0.781. The summed E-state index contributed by atoms with van der Waals surface area (Å²) < 4.78 is 1.83. The van der Waals surface area contributed by atoms with E-state index in [1.807, 2.05) is 4.68 Å². The van der Waals surface area contributed by atoms with Crippen molar-refractivity contribution in [2.75, 3.05) is 11.9 Å². The minimum Gasteiger partial charge on any atom is -0.385 e. The molecule has 0 unspecified atom stereocenters. The first-order valence-electron chi connectivity index (χ1n) is 6.55. The number of hydrogen-bond acceptors (Lipinski definition) is 3. The molecule has 0 atom stereocenters. The monoisotopic (exact) mass is 242 g/mol. The van der Waals surface area contributed by atoms with E-state index in [0.29, 0.717) is 0 Å². The van der Waals surface area contributed by atoms with Crippen molar-refractivity contribution in [3.8, 4) is 0 Å². The topological polar surface area (TPSA) is 42.7 Å². The van der Waals surface area contributed by atoms with Crippen LogP contribution in [-0.2, 0) is 6.54 Å². The summed E-state index contributed by atoms with van der Waals surface area (Å²) in [6.45, 7) is 1.89. The maximum absolute atomic E-state index is 4.10. The summed E-state index contributed by atoms with van der Waals surface area (Å²) >= 11 is 0. The highest BCUT2D eigenvalue weighted by Crippen LogP contribution is 2.26. The molecule has 1 aromatic heterocycles. The molecule has 1 N–H and O–H groups in total. The molecule has 2 aromatic rings. The molecule has 0 amide bonds. The number of nitrogens with one attached hydrogen (secondary N) is 1. The number of aromatic nitrogens is 3. The standard InChI is InChI=1S/C14H18N4/c1-2-12(3-1)8-16-14-6-4-13(5-7-14)9-18-11-15-10-17-18/h4-7,10-12,16H,1-3,8-9H2. The van der Waals surface area contributed by atoms with Crippen LogP contribution in [-0.4, -0.2) is 21.3 Å². The molecule has 0 aliphatic heterocycles. The Hall–Kier alpha value is -1.84. The first kappa shape index (κ1) is 11.3. The fraction of sp³-hybridized carbons (Fsp3) is 0.429. The maximum atomic E-state index is 4.10. The molecule has 1 heterocycles. The summed E-state index contributed by atoms with van der Waals surface area (Å²) in [5.41, 5.74) is 2.46. The second-order valence-corrected chi connectivity index (χ2v) is 4.97. The Morgan fingerprint density at radius 3 is 2.67 bits per heavy atom. The lowest BCUT2D eigenvalue weighted by atomic mass is 9.85. The number of hydrogen-bond donors (Lipinski definition) is 1. The lowest BCUT2D eigenvalue weighted by molar-refractivity contribution is 0.333. The third-order valence-corrected chi connectivity index (χ3v) is 3.58. The van der Waals surface area contributed by atoms with E-state index in [-0.39, 0.29) is 0 Å². The van der Waals surface area contributed by atoms with Crippen LogP contribution in [0.25, 0.3) is 0 Å². The number of rotatable bonds is 5. The summed E-state index contributed by atoms with van der Waals surface area (Å²) in [7, 11) is 0. The molecule has 3 rings (SSSR count).